The van der Waals surface area contributed by atoms with Crippen molar-refractivity contribution in [1.29, 1.82) is 0 Å². The van der Waals surface area contributed by atoms with Gasteiger partial charge in [-0.1, -0.05) is 19.8 Å². The van der Waals surface area contributed by atoms with E-state index in [9.17, 15) is 4.79 Å². The van der Waals surface area contributed by atoms with Crippen molar-refractivity contribution in [1.82, 2.24) is 10.6 Å². The summed E-state index contributed by atoms with van der Waals surface area (Å²) in [5.41, 5.74) is -0.309. The van der Waals surface area contributed by atoms with Gasteiger partial charge in [0.1, 0.15) is 0 Å². The first-order chi connectivity index (χ1) is 7.95. The Bertz CT molecular complexity index is 243. The number of rotatable bonds is 5. The van der Waals surface area contributed by atoms with Crippen LogP contribution in [0.1, 0.15) is 46.5 Å². The lowest BCUT2D eigenvalue weighted by atomic mass is 9.83. The molecule has 0 aromatic rings. The van der Waals surface area contributed by atoms with Gasteiger partial charge in [-0.25, -0.2) is 0 Å². The molecule has 0 heterocycles. The maximum absolute atomic E-state index is 11.6. The molecule has 1 amide bonds. The van der Waals surface area contributed by atoms with E-state index in [-0.39, 0.29) is 11.3 Å². The monoisotopic (exact) mass is 240 g/mol. The molecule has 0 bridgehead atoms. The number of carbonyl (C=O) groups excluding carboxylic acids is 1. The Labute approximate surface area is 106 Å². The number of hydrogen-bond donors (Lipinski definition) is 2. The average Bonchev–Trinajstić information content (AvgIpc) is 2.30. The van der Waals surface area contributed by atoms with Gasteiger partial charge in [0.05, 0.1) is 5.41 Å². The largest absolute Gasteiger partial charge is 0.359 e. The molecule has 0 unspecified atom stereocenters. The highest BCUT2D eigenvalue weighted by atomic mass is 16.2. The van der Waals surface area contributed by atoms with Crippen LogP contribution in [0.3, 0.4) is 0 Å². The van der Waals surface area contributed by atoms with Crippen molar-refractivity contribution < 1.29 is 4.79 Å². The molecular weight excluding hydrogens is 212 g/mol. The topological polar surface area (TPSA) is 41.1 Å². The summed E-state index contributed by atoms with van der Waals surface area (Å²) >= 11 is 0. The van der Waals surface area contributed by atoms with Crippen LogP contribution in [-0.4, -0.2) is 26.0 Å². The summed E-state index contributed by atoms with van der Waals surface area (Å²) < 4.78 is 0. The Kier molecular flexibility index (Phi) is 5.44. The second kappa shape index (κ2) is 6.39. The number of amides is 1. The standard InChI is InChI=1S/C14H28N2O/c1-11-5-7-12(8-6-11)9-16-10-14(2,3)13(17)15-4/h11-12,16H,5-10H2,1-4H3,(H,15,17). The lowest BCUT2D eigenvalue weighted by Crippen LogP contribution is -2.43. The van der Waals surface area contributed by atoms with Crippen LogP contribution in [0.2, 0.25) is 0 Å². The van der Waals surface area contributed by atoms with Crippen LogP contribution < -0.4 is 10.6 Å². The molecule has 0 spiro atoms. The summed E-state index contributed by atoms with van der Waals surface area (Å²) in [5, 5.41) is 6.19. The summed E-state index contributed by atoms with van der Waals surface area (Å²) in [6, 6.07) is 0. The second-order valence-corrected chi connectivity index (χ2v) is 6.22. The fourth-order valence-corrected chi connectivity index (χ4v) is 2.54. The van der Waals surface area contributed by atoms with Crippen molar-refractivity contribution >= 4 is 5.91 Å². The van der Waals surface area contributed by atoms with Gasteiger partial charge in [-0.15, -0.1) is 0 Å². The summed E-state index contributed by atoms with van der Waals surface area (Å²) in [6.07, 6.45) is 5.42. The second-order valence-electron chi connectivity index (χ2n) is 6.22. The molecule has 3 heteroatoms. The Morgan fingerprint density at radius 2 is 1.82 bits per heavy atom. The Hall–Kier alpha value is -0.570. The molecule has 2 N–H and O–H groups in total. The molecule has 0 aromatic carbocycles. The average molecular weight is 240 g/mol. The van der Waals surface area contributed by atoms with Gasteiger partial charge in [-0.2, -0.15) is 0 Å². The van der Waals surface area contributed by atoms with E-state index in [1.165, 1.54) is 25.7 Å². The van der Waals surface area contributed by atoms with Crippen molar-refractivity contribution in [2.45, 2.75) is 46.5 Å². The first-order valence-corrected chi connectivity index (χ1v) is 6.88. The predicted octanol–water partition coefficient (Wildman–Crippen LogP) is 2.17. The number of nitrogens with one attached hydrogen (secondary N) is 2. The quantitative estimate of drug-likeness (QED) is 0.773. The zero-order chi connectivity index (χ0) is 12.9. The van der Waals surface area contributed by atoms with Crippen molar-refractivity contribution in [2.24, 2.45) is 17.3 Å². The van der Waals surface area contributed by atoms with E-state index in [2.05, 4.69) is 17.6 Å². The van der Waals surface area contributed by atoms with E-state index < -0.39 is 0 Å². The molecule has 0 radical (unpaired) electrons. The van der Waals surface area contributed by atoms with Crippen LogP contribution in [0.25, 0.3) is 0 Å². The predicted molar refractivity (Wildman–Crippen MR) is 71.8 cm³/mol. The highest BCUT2D eigenvalue weighted by Crippen LogP contribution is 2.27. The fourth-order valence-electron chi connectivity index (χ4n) is 2.54. The highest BCUT2D eigenvalue weighted by molar-refractivity contribution is 5.81. The molecular formula is C14H28N2O. The molecule has 0 aromatic heterocycles. The minimum atomic E-state index is -0.309. The minimum absolute atomic E-state index is 0.113. The van der Waals surface area contributed by atoms with Gasteiger partial charge >= 0.3 is 0 Å². The molecule has 0 atom stereocenters. The lowest BCUT2D eigenvalue weighted by molar-refractivity contribution is -0.128. The molecule has 17 heavy (non-hydrogen) atoms. The van der Waals surface area contributed by atoms with Crippen LogP contribution in [0, 0.1) is 17.3 Å². The molecule has 100 valence electrons. The van der Waals surface area contributed by atoms with Gasteiger partial charge in [0.15, 0.2) is 0 Å². The molecule has 0 saturated heterocycles. The number of carbonyl (C=O) groups is 1. The maximum atomic E-state index is 11.6. The van der Waals surface area contributed by atoms with Crippen molar-refractivity contribution in [2.75, 3.05) is 20.1 Å². The zero-order valence-corrected chi connectivity index (χ0v) is 11.8. The third kappa shape index (κ3) is 4.66. The van der Waals surface area contributed by atoms with Crippen molar-refractivity contribution in [3.05, 3.63) is 0 Å². The van der Waals surface area contributed by atoms with Gasteiger partial charge in [-0.05, 0) is 45.1 Å². The first kappa shape index (κ1) is 14.5. The first-order valence-electron chi connectivity index (χ1n) is 6.88. The van der Waals surface area contributed by atoms with Crippen LogP contribution >= 0.6 is 0 Å². The van der Waals surface area contributed by atoms with E-state index in [4.69, 9.17) is 0 Å². The Morgan fingerprint density at radius 3 is 2.35 bits per heavy atom. The van der Waals surface area contributed by atoms with E-state index in [0.717, 1.165) is 24.9 Å². The van der Waals surface area contributed by atoms with Gasteiger partial charge in [0, 0.05) is 13.6 Å². The van der Waals surface area contributed by atoms with Crippen molar-refractivity contribution in [3.63, 3.8) is 0 Å². The van der Waals surface area contributed by atoms with E-state index in [1.54, 1.807) is 7.05 Å². The molecule has 1 rings (SSSR count). The summed E-state index contributed by atoms with van der Waals surface area (Å²) in [6.45, 7) is 8.15. The molecule has 3 nitrogen and oxygen atoms in total. The van der Waals surface area contributed by atoms with E-state index >= 15 is 0 Å². The lowest BCUT2D eigenvalue weighted by Gasteiger charge is -2.28. The normalized spacial score (nSPS) is 25.6. The number of hydrogen-bond acceptors (Lipinski definition) is 2. The smallest absolute Gasteiger partial charge is 0.226 e. The minimum Gasteiger partial charge on any atom is -0.359 e. The molecule has 1 saturated carbocycles. The molecule has 1 aliphatic carbocycles. The third-order valence-corrected chi connectivity index (χ3v) is 3.98. The fraction of sp³-hybridized carbons (Fsp3) is 0.929. The molecule has 0 aliphatic heterocycles. The van der Waals surface area contributed by atoms with Gasteiger partial charge in [-0.3, -0.25) is 4.79 Å². The van der Waals surface area contributed by atoms with E-state index in [1.807, 2.05) is 13.8 Å². The Morgan fingerprint density at radius 1 is 1.24 bits per heavy atom. The summed E-state index contributed by atoms with van der Waals surface area (Å²) in [7, 11) is 1.70. The summed E-state index contributed by atoms with van der Waals surface area (Å²) in [5.74, 6) is 1.84. The van der Waals surface area contributed by atoms with Crippen LogP contribution in [0.5, 0.6) is 0 Å². The molecule has 1 aliphatic rings. The molecule has 1 fully saturated rings. The Balaban J connectivity index is 2.21. The van der Waals surface area contributed by atoms with E-state index in [0.29, 0.717) is 0 Å². The van der Waals surface area contributed by atoms with Crippen LogP contribution in [0.4, 0.5) is 0 Å². The van der Waals surface area contributed by atoms with Gasteiger partial charge in [0.2, 0.25) is 5.91 Å². The zero-order valence-electron chi connectivity index (χ0n) is 11.8. The van der Waals surface area contributed by atoms with Crippen molar-refractivity contribution in [3.8, 4) is 0 Å². The SMILES string of the molecule is CNC(=O)C(C)(C)CNCC1CCC(C)CC1. The van der Waals surface area contributed by atoms with Gasteiger partial charge < -0.3 is 10.6 Å². The highest BCUT2D eigenvalue weighted by Gasteiger charge is 2.26. The third-order valence-electron chi connectivity index (χ3n) is 3.98. The van der Waals surface area contributed by atoms with Crippen LogP contribution in [-0.2, 0) is 4.79 Å². The maximum Gasteiger partial charge on any atom is 0.226 e. The van der Waals surface area contributed by atoms with Crippen LogP contribution in [0.15, 0.2) is 0 Å². The summed E-state index contributed by atoms with van der Waals surface area (Å²) in [4.78, 5) is 11.6. The van der Waals surface area contributed by atoms with Gasteiger partial charge in [0.25, 0.3) is 0 Å².